The van der Waals surface area contributed by atoms with E-state index >= 15 is 0 Å². The predicted octanol–water partition coefficient (Wildman–Crippen LogP) is -1.24. The van der Waals surface area contributed by atoms with Crippen molar-refractivity contribution in [1.82, 2.24) is 5.43 Å². The molecule has 80 valence electrons. The van der Waals surface area contributed by atoms with Crippen LogP contribution < -0.4 is 16.9 Å². The Labute approximate surface area is 80.3 Å². The van der Waals surface area contributed by atoms with Gasteiger partial charge in [0.15, 0.2) is 5.96 Å². The molecule has 0 fully saturated rings. The topological polar surface area (TPSA) is 143 Å². The van der Waals surface area contributed by atoms with Crippen LogP contribution in [0, 0.1) is 4.91 Å². The zero-order valence-electron chi connectivity index (χ0n) is 7.51. The molecule has 0 aromatic carbocycles. The normalized spacial score (nSPS) is 11.4. The highest BCUT2D eigenvalue weighted by molar-refractivity contribution is 5.75. The summed E-state index contributed by atoms with van der Waals surface area (Å²) in [6, 6.07) is -0.985. The number of guanidine groups is 1. The van der Waals surface area contributed by atoms with Crippen molar-refractivity contribution >= 4 is 11.9 Å². The maximum Gasteiger partial charge on any atom is 0.327 e. The summed E-state index contributed by atoms with van der Waals surface area (Å²) in [4.78, 5) is 23.9. The third kappa shape index (κ3) is 5.75. The van der Waals surface area contributed by atoms with Crippen LogP contribution in [0.5, 0.6) is 0 Å². The molecule has 14 heavy (non-hydrogen) atoms. The third-order valence-electron chi connectivity index (χ3n) is 1.45. The average molecular weight is 203 g/mol. The predicted molar refractivity (Wildman–Crippen MR) is 50.3 cm³/mol. The Bertz CT molecular complexity index is 226. The molecule has 0 radical (unpaired) electrons. The van der Waals surface area contributed by atoms with E-state index in [1.807, 2.05) is 5.43 Å². The van der Waals surface area contributed by atoms with Crippen molar-refractivity contribution in [3.63, 3.8) is 0 Å². The van der Waals surface area contributed by atoms with Gasteiger partial charge in [-0.3, -0.25) is 10.4 Å². The van der Waals surface area contributed by atoms with Gasteiger partial charge in [0.2, 0.25) is 0 Å². The smallest absolute Gasteiger partial charge is 0.327 e. The van der Waals surface area contributed by atoms with Gasteiger partial charge in [0.1, 0.15) is 6.04 Å². The van der Waals surface area contributed by atoms with Crippen LogP contribution in [-0.4, -0.2) is 29.6 Å². The van der Waals surface area contributed by atoms with Crippen LogP contribution in [0.4, 0.5) is 0 Å². The molecule has 0 heterocycles. The maximum absolute atomic E-state index is 10.5. The Hall–Kier alpha value is -1.86. The van der Waals surface area contributed by atoms with E-state index in [1.165, 1.54) is 0 Å². The minimum atomic E-state index is -1.13. The summed E-state index contributed by atoms with van der Waals surface area (Å²) in [7, 11) is 0. The molecule has 0 rings (SSSR count). The van der Waals surface area contributed by atoms with Crippen molar-refractivity contribution in [3.05, 3.63) is 4.91 Å². The molecular formula is C6H13N5O3. The largest absolute Gasteiger partial charge is 0.480 e. The summed E-state index contributed by atoms with van der Waals surface area (Å²) in [5, 5.41) is 10.9. The van der Waals surface area contributed by atoms with Crippen molar-refractivity contribution in [2.75, 3.05) is 6.54 Å². The van der Waals surface area contributed by atoms with Gasteiger partial charge < -0.3 is 16.6 Å². The molecule has 0 aliphatic heterocycles. The second kappa shape index (κ2) is 6.63. The van der Waals surface area contributed by atoms with E-state index in [9.17, 15) is 9.70 Å². The molecule has 8 nitrogen and oxygen atoms in total. The Balaban J connectivity index is 3.77. The fourth-order valence-electron chi connectivity index (χ4n) is 0.810. The van der Waals surface area contributed by atoms with Crippen LogP contribution in [0.25, 0.3) is 0 Å². The zero-order valence-corrected chi connectivity index (χ0v) is 7.51. The van der Waals surface area contributed by atoms with Crippen LogP contribution in [0.1, 0.15) is 12.8 Å². The van der Waals surface area contributed by atoms with Crippen molar-refractivity contribution in [1.29, 1.82) is 0 Å². The lowest BCUT2D eigenvalue weighted by molar-refractivity contribution is -0.139. The molecule has 0 saturated heterocycles. The molecule has 0 saturated carbocycles. The average Bonchev–Trinajstić information content (AvgIpc) is 2.09. The summed E-state index contributed by atoms with van der Waals surface area (Å²) >= 11 is 0. The molecular weight excluding hydrogens is 190 g/mol. The number of hydrogen-bond donors (Lipinski definition) is 4. The fourth-order valence-corrected chi connectivity index (χ4v) is 0.810. The highest BCUT2D eigenvalue weighted by atomic mass is 16.4. The van der Waals surface area contributed by atoms with E-state index in [1.54, 1.807) is 0 Å². The van der Waals surface area contributed by atoms with Crippen LogP contribution in [0.2, 0.25) is 0 Å². The first-order valence-corrected chi connectivity index (χ1v) is 3.94. The highest BCUT2D eigenvalue weighted by Gasteiger charge is 2.15. The van der Waals surface area contributed by atoms with Gasteiger partial charge in [0.05, 0.1) is 5.29 Å². The number of carbonyl (C=O) groups is 1. The molecule has 8 heteroatoms. The van der Waals surface area contributed by atoms with Gasteiger partial charge in [-0.25, -0.2) is 4.79 Å². The summed E-state index contributed by atoms with van der Waals surface area (Å²) < 4.78 is 0. The van der Waals surface area contributed by atoms with Gasteiger partial charge in [-0.05, 0) is 12.8 Å². The van der Waals surface area contributed by atoms with Crippen LogP contribution in [-0.2, 0) is 4.79 Å². The van der Waals surface area contributed by atoms with Crippen LogP contribution in [0.3, 0.4) is 0 Å². The standard InChI is InChI=1S/C6H13N5O3/c7-6(8)9-3-1-2-4(5(12)13)10-11-14/h4H,1-3H2,(H,10,14)(H,12,13)(H4,7,8,9)/t4-/m0/s1. The Kier molecular flexibility index (Phi) is 5.75. The first-order chi connectivity index (χ1) is 6.57. The quantitative estimate of drug-likeness (QED) is 0.134. The van der Waals surface area contributed by atoms with E-state index in [-0.39, 0.29) is 12.4 Å². The number of hydrogen-bond acceptors (Lipinski definition) is 4. The Morgan fingerprint density at radius 2 is 2.14 bits per heavy atom. The van der Waals surface area contributed by atoms with Gasteiger partial charge in [0, 0.05) is 6.54 Å². The molecule has 0 aromatic heterocycles. The molecule has 0 aliphatic rings. The molecule has 0 aliphatic carbocycles. The highest BCUT2D eigenvalue weighted by Crippen LogP contribution is 1.98. The first kappa shape index (κ1) is 12.1. The molecule has 1 atom stereocenters. The lowest BCUT2D eigenvalue weighted by Crippen LogP contribution is -2.33. The monoisotopic (exact) mass is 203 g/mol. The number of nitroso groups, excluding NO2 is 1. The number of rotatable bonds is 7. The number of carboxylic acids is 1. The van der Waals surface area contributed by atoms with E-state index in [0.29, 0.717) is 13.0 Å². The van der Waals surface area contributed by atoms with Gasteiger partial charge >= 0.3 is 5.97 Å². The van der Waals surface area contributed by atoms with Crippen molar-refractivity contribution < 1.29 is 9.90 Å². The molecule has 0 bridgehead atoms. The van der Waals surface area contributed by atoms with Crippen molar-refractivity contribution in [3.8, 4) is 0 Å². The summed E-state index contributed by atoms with van der Waals surface area (Å²) in [5.41, 5.74) is 12.0. The van der Waals surface area contributed by atoms with E-state index in [2.05, 4.69) is 10.3 Å². The lowest BCUT2D eigenvalue weighted by atomic mass is 10.2. The molecule has 0 unspecified atom stereocenters. The van der Waals surface area contributed by atoms with Gasteiger partial charge in [-0.2, -0.15) is 0 Å². The number of nitrogens with two attached hydrogens (primary N) is 2. The summed E-state index contributed by atoms with van der Waals surface area (Å²) in [5.74, 6) is -1.17. The third-order valence-corrected chi connectivity index (χ3v) is 1.45. The minimum Gasteiger partial charge on any atom is -0.480 e. The van der Waals surface area contributed by atoms with E-state index < -0.39 is 12.0 Å². The summed E-state index contributed by atoms with van der Waals surface area (Å²) in [6.07, 6.45) is 0.690. The second-order valence-corrected chi connectivity index (χ2v) is 2.56. The molecule has 0 aromatic rings. The fraction of sp³-hybridized carbons (Fsp3) is 0.667. The SMILES string of the molecule is NC(N)=NCCC[C@H](NN=O)C(=O)O. The van der Waals surface area contributed by atoms with Crippen LogP contribution in [0.15, 0.2) is 10.3 Å². The van der Waals surface area contributed by atoms with Gasteiger partial charge in [-0.15, -0.1) is 4.91 Å². The Morgan fingerprint density at radius 3 is 2.57 bits per heavy atom. The number of aliphatic imine (C=N–C) groups is 1. The Morgan fingerprint density at radius 1 is 1.50 bits per heavy atom. The van der Waals surface area contributed by atoms with Crippen molar-refractivity contribution in [2.45, 2.75) is 18.9 Å². The zero-order chi connectivity index (χ0) is 11.0. The van der Waals surface area contributed by atoms with E-state index in [4.69, 9.17) is 16.6 Å². The molecule has 6 N–H and O–H groups in total. The lowest BCUT2D eigenvalue weighted by Gasteiger charge is -2.07. The van der Waals surface area contributed by atoms with Crippen LogP contribution >= 0.6 is 0 Å². The van der Waals surface area contributed by atoms with Crippen molar-refractivity contribution in [2.24, 2.45) is 21.7 Å². The number of aliphatic carboxylic acids is 1. The minimum absolute atomic E-state index is 0.0432. The molecule has 0 spiro atoms. The second-order valence-electron chi connectivity index (χ2n) is 2.56. The number of nitrogens with zero attached hydrogens (tertiary/aromatic N) is 2. The first-order valence-electron chi connectivity index (χ1n) is 3.94. The summed E-state index contributed by atoms with van der Waals surface area (Å²) in [6.45, 7) is 0.326. The maximum atomic E-state index is 10.5. The van der Waals surface area contributed by atoms with Gasteiger partial charge in [-0.1, -0.05) is 0 Å². The number of nitrogens with one attached hydrogen (secondary N) is 1. The number of carboxylic acid groups (broad SMARTS) is 1. The van der Waals surface area contributed by atoms with E-state index in [0.717, 1.165) is 0 Å². The molecule has 0 amide bonds. The van der Waals surface area contributed by atoms with Gasteiger partial charge in [0.25, 0.3) is 0 Å².